The molecule has 1 unspecified atom stereocenters. The Morgan fingerprint density at radius 1 is 1.50 bits per heavy atom. The van der Waals surface area contributed by atoms with Crippen molar-refractivity contribution in [2.75, 3.05) is 13.7 Å². The molecule has 1 aromatic heterocycles. The number of hydrogen-bond donors (Lipinski definition) is 1. The number of halogens is 1. The van der Waals surface area contributed by atoms with Gasteiger partial charge in [0.1, 0.15) is 10.8 Å². The van der Waals surface area contributed by atoms with Gasteiger partial charge in [0.05, 0.1) is 18.2 Å². The summed E-state index contributed by atoms with van der Waals surface area (Å²) in [5.41, 5.74) is 1.10. The molecule has 5 heteroatoms. The number of hydrogen-bond acceptors (Lipinski definition) is 4. The summed E-state index contributed by atoms with van der Waals surface area (Å²) in [7, 11) is 1.61. The Bertz CT molecular complexity index is 502. The zero-order chi connectivity index (χ0) is 13.0. The van der Waals surface area contributed by atoms with Crippen molar-refractivity contribution in [2.45, 2.75) is 13.0 Å². The third-order valence-electron chi connectivity index (χ3n) is 2.62. The van der Waals surface area contributed by atoms with Crippen LogP contribution in [0.3, 0.4) is 0 Å². The maximum Gasteiger partial charge on any atom is 0.137 e. The van der Waals surface area contributed by atoms with Gasteiger partial charge in [-0.05, 0) is 24.2 Å². The molecule has 0 fully saturated rings. The zero-order valence-electron chi connectivity index (χ0n) is 10.3. The van der Waals surface area contributed by atoms with Crippen LogP contribution in [-0.2, 0) is 0 Å². The van der Waals surface area contributed by atoms with E-state index in [9.17, 15) is 0 Å². The third kappa shape index (κ3) is 2.83. The molecule has 0 aliphatic rings. The van der Waals surface area contributed by atoms with Crippen molar-refractivity contribution < 1.29 is 4.74 Å². The maximum atomic E-state index is 6.17. The number of ether oxygens (including phenoxy) is 1. The highest BCUT2D eigenvalue weighted by Crippen LogP contribution is 2.30. The number of aromatic nitrogens is 1. The molecule has 18 heavy (non-hydrogen) atoms. The molecule has 3 nitrogen and oxygen atoms in total. The van der Waals surface area contributed by atoms with E-state index >= 15 is 0 Å². The van der Waals surface area contributed by atoms with E-state index in [4.69, 9.17) is 16.3 Å². The van der Waals surface area contributed by atoms with Crippen LogP contribution in [0, 0.1) is 0 Å². The van der Waals surface area contributed by atoms with E-state index in [-0.39, 0.29) is 6.04 Å². The Labute approximate surface area is 116 Å². The van der Waals surface area contributed by atoms with E-state index < -0.39 is 0 Å². The molecule has 0 bridgehead atoms. The standard InChI is InChI=1S/C13H15ClN2OS/c1-3-15-12(13-16-6-7-18-13)9-4-5-11(17-2)10(14)8-9/h4-8,12,15H,3H2,1-2H3. The molecule has 0 saturated carbocycles. The van der Waals surface area contributed by atoms with Crippen molar-refractivity contribution in [1.82, 2.24) is 10.3 Å². The predicted octanol–water partition coefficient (Wildman–Crippen LogP) is 3.50. The maximum absolute atomic E-state index is 6.17. The fraction of sp³-hybridized carbons (Fsp3) is 0.308. The second kappa shape index (κ2) is 6.18. The lowest BCUT2D eigenvalue weighted by atomic mass is 10.1. The molecular weight excluding hydrogens is 268 g/mol. The summed E-state index contributed by atoms with van der Waals surface area (Å²) in [5.74, 6) is 0.690. The molecule has 0 spiro atoms. The van der Waals surface area contributed by atoms with E-state index in [1.807, 2.05) is 29.8 Å². The van der Waals surface area contributed by atoms with Gasteiger partial charge in [-0.3, -0.25) is 0 Å². The van der Waals surface area contributed by atoms with E-state index in [2.05, 4.69) is 17.2 Å². The minimum Gasteiger partial charge on any atom is -0.495 e. The number of benzene rings is 1. The summed E-state index contributed by atoms with van der Waals surface area (Å²) in [4.78, 5) is 4.37. The highest BCUT2D eigenvalue weighted by Gasteiger charge is 2.16. The normalized spacial score (nSPS) is 12.4. The number of rotatable bonds is 5. The molecular formula is C13H15ClN2OS. The molecule has 0 aliphatic heterocycles. The summed E-state index contributed by atoms with van der Waals surface area (Å²) in [6, 6.07) is 5.91. The first-order chi connectivity index (χ1) is 8.76. The van der Waals surface area contributed by atoms with Gasteiger partial charge in [0.15, 0.2) is 0 Å². The number of thiazole rings is 1. The van der Waals surface area contributed by atoms with E-state index in [1.54, 1.807) is 18.4 Å². The van der Waals surface area contributed by atoms with Gasteiger partial charge in [-0.15, -0.1) is 11.3 Å². The molecule has 0 saturated heterocycles. The topological polar surface area (TPSA) is 34.1 Å². The van der Waals surface area contributed by atoms with Crippen LogP contribution in [0.2, 0.25) is 5.02 Å². The van der Waals surface area contributed by atoms with Gasteiger partial charge in [-0.2, -0.15) is 0 Å². The lowest BCUT2D eigenvalue weighted by Crippen LogP contribution is -2.21. The first-order valence-corrected chi connectivity index (χ1v) is 6.98. The molecule has 2 aromatic rings. The second-order valence-electron chi connectivity index (χ2n) is 3.76. The average Bonchev–Trinajstić information content (AvgIpc) is 2.89. The molecule has 1 aromatic carbocycles. The molecule has 96 valence electrons. The van der Waals surface area contributed by atoms with Crippen LogP contribution in [0.25, 0.3) is 0 Å². The van der Waals surface area contributed by atoms with Gasteiger partial charge < -0.3 is 10.1 Å². The molecule has 1 heterocycles. The van der Waals surface area contributed by atoms with Gasteiger partial charge in [0.2, 0.25) is 0 Å². The molecule has 0 radical (unpaired) electrons. The molecule has 0 aliphatic carbocycles. The van der Waals surface area contributed by atoms with Gasteiger partial charge in [0, 0.05) is 11.6 Å². The summed E-state index contributed by atoms with van der Waals surface area (Å²) < 4.78 is 5.17. The Morgan fingerprint density at radius 2 is 2.33 bits per heavy atom. The van der Waals surface area contributed by atoms with Crippen molar-refractivity contribution in [1.29, 1.82) is 0 Å². The van der Waals surface area contributed by atoms with E-state index in [0.717, 1.165) is 17.1 Å². The first-order valence-electron chi connectivity index (χ1n) is 5.72. The summed E-state index contributed by atoms with van der Waals surface area (Å²) in [6.07, 6.45) is 1.81. The van der Waals surface area contributed by atoms with Crippen molar-refractivity contribution in [3.63, 3.8) is 0 Å². The van der Waals surface area contributed by atoms with Gasteiger partial charge >= 0.3 is 0 Å². The highest BCUT2D eigenvalue weighted by molar-refractivity contribution is 7.09. The van der Waals surface area contributed by atoms with Crippen LogP contribution >= 0.6 is 22.9 Å². The molecule has 1 N–H and O–H groups in total. The monoisotopic (exact) mass is 282 g/mol. The van der Waals surface area contributed by atoms with Gasteiger partial charge in [0.25, 0.3) is 0 Å². The van der Waals surface area contributed by atoms with Crippen LogP contribution in [0.1, 0.15) is 23.5 Å². The van der Waals surface area contributed by atoms with Gasteiger partial charge in [-0.25, -0.2) is 4.98 Å². The minimum absolute atomic E-state index is 0.0819. The summed E-state index contributed by atoms with van der Waals surface area (Å²) in [5, 5.41) is 7.05. The quantitative estimate of drug-likeness (QED) is 0.911. The number of nitrogens with one attached hydrogen (secondary N) is 1. The van der Waals surface area contributed by atoms with Crippen molar-refractivity contribution in [3.05, 3.63) is 45.4 Å². The van der Waals surface area contributed by atoms with Crippen molar-refractivity contribution in [2.24, 2.45) is 0 Å². The van der Waals surface area contributed by atoms with Crippen molar-refractivity contribution in [3.8, 4) is 5.75 Å². The van der Waals surface area contributed by atoms with Gasteiger partial charge in [-0.1, -0.05) is 24.6 Å². The molecule has 1 atom stereocenters. The Balaban J connectivity index is 2.34. The third-order valence-corrected chi connectivity index (χ3v) is 3.75. The highest BCUT2D eigenvalue weighted by atomic mass is 35.5. The zero-order valence-corrected chi connectivity index (χ0v) is 11.9. The lowest BCUT2D eigenvalue weighted by molar-refractivity contribution is 0.414. The molecule has 2 rings (SSSR count). The predicted molar refractivity (Wildman–Crippen MR) is 75.6 cm³/mol. The van der Waals surface area contributed by atoms with Crippen LogP contribution in [0.15, 0.2) is 29.8 Å². The van der Waals surface area contributed by atoms with Crippen LogP contribution in [0.4, 0.5) is 0 Å². The Morgan fingerprint density at radius 3 is 2.89 bits per heavy atom. The fourth-order valence-corrected chi connectivity index (χ4v) is 2.80. The average molecular weight is 283 g/mol. The summed E-state index contributed by atoms with van der Waals surface area (Å²) in [6.45, 7) is 2.94. The van der Waals surface area contributed by atoms with E-state index in [0.29, 0.717) is 10.8 Å². The van der Waals surface area contributed by atoms with E-state index in [1.165, 1.54) is 0 Å². The Hall–Kier alpha value is -1.10. The Kier molecular flexibility index (Phi) is 4.58. The second-order valence-corrected chi connectivity index (χ2v) is 5.09. The smallest absolute Gasteiger partial charge is 0.137 e. The fourth-order valence-electron chi connectivity index (χ4n) is 1.79. The molecule has 0 amide bonds. The number of methoxy groups -OCH3 is 1. The number of nitrogens with zero attached hydrogens (tertiary/aromatic N) is 1. The lowest BCUT2D eigenvalue weighted by Gasteiger charge is -2.16. The summed E-state index contributed by atoms with van der Waals surface area (Å²) >= 11 is 7.80. The largest absolute Gasteiger partial charge is 0.495 e. The first kappa shape index (κ1) is 13.3. The van der Waals surface area contributed by atoms with Crippen LogP contribution in [0.5, 0.6) is 5.75 Å². The SMILES string of the molecule is CCNC(c1ccc(OC)c(Cl)c1)c1nccs1. The minimum atomic E-state index is 0.0819. The van der Waals surface area contributed by atoms with Crippen molar-refractivity contribution >= 4 is 22.9 Å². The van der Waals surface area contributed by atoms with Crippen LogP contribution < -0.4 is 10.1 Å². The van der Waals surface area contributed by atoms with Crippen LogP contribution in [-0.4, -0.2) is 18.6 Å².